The largest absolute Gasteiger partial charge is 0.507 e. The Morgan fingerprint density at radius 3 is 2.32 bits per heavy atom. The van der Waals surface area contributed by atoms with Gasteiger partial charge >= 0.3 is 0 Å². The van der Waals surface area contributed by atoms with Gasteiger partial charge in [-0.15, -0.1) is 12.4 Å². The summed E-state index contributed by atoms with van der Waals surface area (Å²) in [6.45, 7) is 2.37. The molecule has 12 nitrogen and oxygen atoms in total. The van der Waals surface area contributed by atoms with E-state index in [1.165, 1.54) is 32.2 Å². The SMILES string of the molecule is COc1cccc2c1C(=O)c1c(O)c3c(c(O)c1C2=O)[C@@H](O)[C@@](O)(C(C)=O)C[C@@H]3O[C@@H]1O[C@@H](C)[C@@H](O)[C@@H](N)[C@H]1F.Cl. The molecule has 1 saturated heterocycles. The van der Waals surface area contributed by atoms with Crippen molar-refractivity contribution >= 4 is 29.8 Å². The van der Waals surface area contributed by atoms with E-state index in [0.717, 1.165) is 6.92 Å². The van der Waals surface area contributed by atoms with Crippen LogP contribution in [0.25, 0.3) is 0 Å². The Balaban J connectivity index is 0.00000387. The first-order chi connectivity index (χ1) is 18.8. The van der Waals surface area contributed by atoms with E-state index in [-0.39, 0.29) is 29.3 Å². The Kier molecular flexibility index (Phi) is 7.95. The summed E-state index contributed by atoms with van der Waals surface area (Å²) in [5.74, 6) is -4.60. The number of phenols is 2. The minimum atomic E-state index is -2.62. The van der Waals surface area contributed by atoms with Crippen LogP contribution < -0.4 is 10.5 Å². The maximum atomic E-state index is 15.1. The summed E-state index contributed by atoms with van der Waals surface area (Å²) in [7, 11) is 1.27. The molecule has 1 aliphatic heterocycles. The van der Waals surface area contributed by atoms with Gasteiger partial charge in [0.2, 0.25) is 5.78 Å². The zero-order chi connectivity index (χ0) is 29.4. The van der Waals surface area contributed by atoms with E-state index in [2.05, 4.69) is 0 Å². The van der Waals surface area contributed by atoms with Crippen molar-refractivity contribution in [2.45, 2.75) is 68.8 Å². The van der Waals surface area contributed by atoms with Crippen molar-refractivity contribution in [1.82, 2.24) is 0 Å². The van der Waals surface area contributed by atoms with E-state index in [1.54, 1.807) is 0 Å². The predicted octanol–water partition coefficient (Wildman–Crippen LogP) is 0.890. The molecule has 1 fully saturated rings. The molecule has 0 saturated carbocycles. The first kappa shape index (κ1) is 30.8. The maximum absolute atomic E-state index is 15.1. The number of aliphatic hydroxyl groups is 3. The van der Waals surface area contributed by atoms with Gasteiger partial charge in [-0.1, -0.05) is 12.1 Å². The zero-order valence-electron chi connectivity index (χ0n) is 22.0. The van der Waals surface area contributed by atoms with Crippen molar-refractivity contribution in [3.05, 3.63) is 51.6 Å². The number of rotatable bonds is 4. The van der Waals surface area contributed by atoms with Crippen LogP contribution in [0, 0.1) is 0 Å². The Bertz CT molecular complexity index is 1450. The summed E-state index contributed by atoms with van der Waals surface area (Å²) in [6.07, 6.45) is -10.9. The quantitative estimate of drug-likeness (QED) is 0.232. The summed E-state index contributed by atoms with van der Waals surface area (Å²) >= 11 is 0. The van der Waals surface area contributed by atoms with Crippen molar-refractivity contribution < 1.29 is 58.5 Å². The number of fused-ring (bicyclic) bond motifs is 3. The van der Waals surface area contributed by atoms with Crippen molar-refractivity contribution in [1.29, 1.82) is 0 Å². The lowest BCUT2D eigenvalue weighted by Crippen LogP contribution is -2.60. The van der Waals surface area contributed by atoms with Gasteiger partial charge in [0, 0.05) is 23.1 Å². The average Bonchev–Trinajstić information content (AvgIpc) is 2.92. The number of aromatic hydroxyl groups is 2. The third-order valence-corrected chi connectivity index (χ3v) is 8.00. The Morgan fingerprint density at radius 2 is 1.71 bits per heavy atom. The molecule has 14 heteroatoms. The number of ether oxygens (including phenoxy) is 3. The van der Waals surface area contributed by atoms with Gasteiger partial charge in [0.1, 0.15) is 23.4 Å². The van der Waals surface area contributed by atoms with Gasteiger partial charge in [-0.25, -0.2) is 4.39 Å². The highest BCUT2D eigenvalue weighted by atomic mass is 35.5. The topological polar surface area (TPSA) is 206 Å². The zero-order valence-corrected chi connectivity index (χ0v) is 22.8. The van der Waals surface area contributed by atoms with Crippen LogP contribution in [-0.4, -0.2) is 86.3 Å². The number of carbonyl (C=O) groups is 3. The number of alkyl halides is 1. The van der Waals surface area contributed by atoms with E-state index >= 15 is 4.39 Å². The molecule has 5 rings (SSSR count). The molecule has 0 radical (unpaired) electrons. The highest BCUT2D eigenvalue weighted by molar-refractivity contribution is 6.31. The standard InChI is InChI=1S/C27H28FNO11.ClH/c1-8-20(31)19(29)18(28)26(39-8)40-12-7-27(37,9(2)30)25(36)17-14(12)23(34)16-15(24(17)35)21(32)10-5-4-6-11(38-3)13(10)22(16)33;/h4-6,8,12,18-20,25-26,31,34-37H,7,29H2,1-3H3;1H/t8-,12-,18+,19-,20+,25+,26-,27-;/m0./s1. The van der Waals surface area contributed by atoms with E-state index in [1.807, 2.05) is 0 Å². The van der Waals surface area contributed by atoms with Gasteiger partial charge in [-0.3, -0.25) is 14.4 Å². The van der Waals surface area contributed by atoms with Crippen molar-refractivity contribution in [3.8, 4) is 17.2 Å². The van der Waals surface area contributed by atoms with Crippen LogP contribution >= 0.6 is 12.4 Å². The second-order valence-corrected chi connectivity index (χ2v) is 10.2. The number of hydrogen-bond donors (Lipinski definition) is 6. The van der Waals surface area contributed by atoms with Crippen molar-refractivity contribution in [3.63, 3.8) is 0 Å². The minimum absolute atomic E-state index is 0. The molecule has 8 atom stereocenters. The fourth-order valence-corrected chi connectivity index (χ4v) is 5.70. The lowest BCUT2D eigenvalue weighted by molar-refractivity contribution is -0.276. The summed E-state index contributed by atoms with van der Waals surface area (Å²) in [4.78, 5) is 39.7. The number of halogens is 2. The number of aliphatic hydroxyl groups excluding tert-OH is 2. The summed E-state index contributed by atoms with van der Waals surface area (Å²) in [5.41, 5.74) is 0.410. The van der Waals surface area contributed by atoms with E-state index in [4.69, 9.17) is 19.9 Å². The third-order valence-electron chi connectivity index (χ3n) is 8.00. The Morgan fingerprint density at radius 1 is 1.10 bits per heavy atom. The second kappa shape index (κ2) is 10.6. The van der Waals surface area contributed by atoms with Gasteiger partial charge in [-0.05, 0) is 19.9 Å². The number of Topliss-reactive ketones (excluding diaryl/α,β-unsaturated/α-hetero) is 1. The number of methoxy groups -OCH3 is 1. The molecule has 1 heterocycles. The highest BCUT2D eigenvalue weighted by Crippen LogP contribution is 2.56. The molecule has 0 aromatic heterocycles. The molecular weight excluding hydrogens is 569 g/mol. The smallest absolute Gasteiger partial charge is 0.202 e. The van der Waals surface area contributed by atoms with Crippen LogP contribution in [0.4, 0.5) is 4.39 Å². The molecule has 0 unspecified atom stereocenters. The Hall–Kier alpha value is -3.17. The molecule has 41 heavy (non-hydrogen) atoms. The average molecular weight is 598 g/mol. The number of hydrogen-bond acceptors (Lipinski definition) is 12. The predicted molar refractivity (Wildman–Crippen MR) is 139 cm³/mol. The number of carbonyl (C=O) groups excluding carboxylic acids is 3. The van der Waals surface area contributed by atoms with Crippen LogP contribution in [-0.2, 0) is 14.3 Å². The fraction of sp³-hybridized carbons (Fsp3) is 0.444. The monoisotopic (exact) mass is 597 g/mol. The molecule has 0 amide bonds. The number of ketones is 3. The molecule has 0 bridgehead atoms. The first-order valence-electron chi connectivity index (χ1n) is 12.4. The fourth-order valence-electron chi connectivity index (χ4n) is 5.70. The molecule has 2 aliphatic carbocycles. The first-order valence-corrected chi connectivity index (χ1v) is 12.4. The van der Waals surface area contributed by atoms with E-state index < -0.39 is 106 Å². The molecule has 0 spiro atoms. The number of phenolic OH excluding ortho intramolecular Hbond substituents is 2. The van der Waals surface area contributed by atoms with Crippen LogP contribution in [0.1, 0.15) is 75.4 Å². The van der Waals surface area contributed by atoms with Crippen LogP contribution in [0.5, 0.6) is 17.2 Å². The van der Waals surface area contributed by atoms with Crippen LogP contribution in [0.2, 0.25) is 0 Å². The van der Waals surface area contributed by atoms with Crippen LogP contribution in [0.3, 0.4) is 0 Å². The van der Waals surface area contributed by atoms with Crippen molar-refractivity contribution in [2.24, 2.45) is 5.73 Å². The van der Waals surface area contributed by atoms with Gasteiger partial charge in [0.25, 0.3) is 0 Å². The van der Waals surface area contributed by atoms with Gasteiger partial charge < -0.3 is 45.5 Å². The lowest BCUT2D eigenvalue weighted by atomic mass is 9.70. The third kappa shape index (κ3) is 4.31. The molecule has 3 aliphatic rings. The van der Waals surface area contributed by atoms with Gasteiger partial charge in [0.15, 0.2) is 29.6 Å². The van der Waals surface area contributed by atoms with E-state index in [9.17, 15) is 39.9 Å². The molecule has 7 N–H and O–H groups in total. The van der Waals surface area contributed by atoms with Gasteiger partial charge in [0.05, 0.1) is 48.2 Å². The van der Waals surface area contributed by atoms with E-state index in [0.29, 0.717) is 0 Å². The van der Waals surface area contributed by atoms with Crippen molar-refractivity contribution in [2.75, 3.05) is 7.11 Å². The second-order valence-electron chi connectivity index (χ2n) is 10.2. The lowest BCUT2D eigenvalue weighted by Gasteiger charge is -2.44. The van der Waals surface area contributed by atoms with Crippen LogP contribution in [0.15, 0.2) is 18.2 Å². The Labute approximate surface area is 238 Å². The summed E-state index contributed by atoms with van der Waals surface area (Å²) in [5, 5.41) is 55.1. The normalized spacial score (nSPS) is 32.3. The summed E-state index contributed by atoms with van der Waals surface area (Å²) < 4.78 is 31.5. The summed E-state index contributed by atoms with van der Waals surface area (Å²) in [6, 6.07) is 2.73. The molecule has 222 valence electrons. The number of benzene rings is 2. The minimum Gasteiger partial charge on any atom is -0.507 e. The molecule has 2 aromatic rings. The molecular formula is C27H29ClFNO11. The molecule has 2 aromatic carbocycles. The maximum Gasteiger partial charge on any atom is 0.202 e. The number of nitrogens with two attached hydrogens (primary N) is 1. The highest BCUT2D eigenvalue weighted by Gasteiger charge is 2.55. The van der Waals surface area contributed by atoms with Gasteiger partial charge in [-0.2, -0.15) is 0 Å².